The van der Waals surface area contributed by atoms with E-state index >= 15 is 0 Å². The summed E-state index contributed by atoms with van der Waals surface area (Å²) in [5.41, 5.74) is 1.95. The molecule has 0 radical (unpaired) electrons. The van der Waals surface area contributed by atoms with Crippen LogP contribution in [0.15, 0.2) is 30.3 Å². The Labute approximate surface area is 133 Å². The van der Waals surface area contributed by atoms with Crippen molar-refractivity contribution in [2.24, 2.45) is 0 Å². The average Bonchev–Trinajstić information content (AvgIpc) is 2.89. The van der Waals surface area contributed by atoms with Crippen LogP contribution in [0.25, 0.3) is 5.69 Å². The number of hydrogen-bond acceptors (Lipinski definition) is 6. The molecule has 0 saturated carbocycles. The zero-order valence-corrected chi connectivity index (χ0v) is 13.2. The molecule has 2 rings (SSSR count). The Kier molecular flexibility index (Phi) is 5.35. The number of benzene rings is 1. The van der Waals surface area contributed by atoms with Gasteiger partial charge in [0.1, 0.15) is 0 Å². The summed E-state index contributed by atoms with van der Waals surface area (Å²) in [6, 6.07) is 9.29. The maximum atomic E-state index is 11.6. The largest absolute Gasteiger partial charge is 0.469 e. The van der Waals surface area contributed by atoms with Crippen LogP contribution >= 0.6 is 0 Å². The van der Waals surface area contributed by atoms with Gasteiger partial charge in [-0.2, -0.15) is 5.10 Å². The second-order valence-corrected chi connectivity index (χ2v) is 4.73. The number of aryl methyl sites for hydroxylation is 1. The molecule has 23 heavy (non-hydrogen) atoms. The van der Waals surface area contributed by atoms with Crippen LogP contribution in [0.3, 0.4) is 0 Å². The normalized spacial score (nSPS) is 10.2. The van der Waals surface area contributed by atoms with Crippen LogP contribution in [0.5, 0.6) is 5.88 Å². The maximum absolute atomic E-state index is 11.6. The smallest absolute Gasteiger partial charge is 0.343 e. The van der Waals surface area contributed by atoms with Crippen molar-refractivity contribution >= 4 is 11.9 Å². The number of methoxy groups -OCH3 is 2. The summed E-state index contributed by atoms with van der Waals surface area (Å²) in [6.45, 7) is 1.49. The highest BCUT2D eigenvalue weighted by Gasteiger charge is 2.21. The number of para-hydroxylation sites is 1. The Morgan fingerprint density at radius 3 is 2.35 bits per heavy atom. The second kappa shape index (κ2) is 7.44. The number of rotatable bonds is 6. The first-order valence-corrected chi connectivity index (χ1v) is 6.97. The standard InChI is InChI=1S/C16H18N2O5/c1-11-13(9-14(19)21-2)16(23-10-15(20)22-3)18(17-11)12-7-5-4-6-8-12/h4-8H,9-10H2,1-3H3. The van der Waals surface area contributed by atoms with E-state index < -0.39 is 11.9 Å². The predicted molar refractivity (Wildman–Crippen MR) is 81.5 cm³/mol. The van der Waals surface area contributed by atoms with Crippen LogP contribution in [-0.4, -0.2) is 42.5 Å². The summed E-state index contributed by atoms with van der Waals surface area (Å²) in [4.78, 5) is 23.0. The molecule has 7 heteroatoms. The topological polar surface area (TPSA) is 79.7 Å². The van der Waals surface area contributed by atoms with Gasteiger partial charge in [0.2, 0.25) is 5.88 Å². The van der Waals surface area contributed by atoms with Gasteiger partial charge in [-0.15, -0.1) is 0 Å². The molecular formula is C16H18N2O5. The number of hydrogen-bond donors (Lipinski definition) is 0. The highest BCUT2D eigenvalue weighted by atomic mass is 16.6. The van der Waals surface area contributed by atoms with Crippen molar-refractivity contribution in [2.45, 2.75) is 13.3 Å². The van der Waals surface area contributed by atoms with Crippen LogP contribution < -0.4 is 4.74 Å². The fourth-order valence-electron chi connectivity index (χ4n) is 2.04. The molecule has 1 heterocycles. The molecule has 0 aliphatic heterocycles. The van der Waals surface area contributed by atoms with E-state index in [1.165, 1.54) is 14.2 Å². The van der Waals surface area contributed by atoms with Gasteiger partial charge in [0.15, 0.2) is 6.61 Å². The Hall–Kier alpha value is -2.83. The number of esters is 2. The molecule has 1 aromatic carbocycles. The SMILES string of the molecule is COC(=O)COc1c(CC(=O)OC)c(C)nn1-c1ccccc1. The third-order valence-electron chi connectivity index (χ3n) is 3.24. The number of ether oxygens (including phenoxy) is 3. The van der Waals surface area contributed by atoms with Crippen LogP contribution in [0, 0.1) is 6.92 Å². The van der Waals surface area contributed by atoms with Crippen molar-refractivity contribution in [1.82, 2.24) is 9.78 Å². The molecular weight excluding hydrogens is 300 g/mol. The van der Waals surface area contributed by atoms with Crippen molar-refractivity contribution in [2.75, 3.05) is 20.8 Å². The van der Waals surface area contributed by atoms with Gasteiger partial charge in [-0.1, -0.05) is 18.2 Å². The average molecular weight is 318 g/mol. The van der Waals surface area contributed by atoms with E-state index in [4.69, 9.17) is 9.47 Å². The van der Waals surface area contributed by atoms with E-state index in [9.17, 15) is 9.59 Å². The summed E-state index contributed by atoms with van der Waals surface area (Å²) in [6.07, 6.45) is 0.00563. The minimum absolute atomic E-state index is 0.00563. The number of aromatic nitrogens is 2. The van der Waals surface area contributed by atoms with E-state index in [-0.39, 0.29) is 13.0 Å². The molecule has 1 aromatic heterocycles. The lowest BCUT2D eigenvalue weighted by Gasteiger charge is -2.10. The zero-order valence-electron chi connectivity index (χ0n) is 13.2. The third-order valence-corrected chi connectivity index (χ3v) is 3.24. The molecule has 0 atom stereocenters. The summed E-state index contributed by atoms with van der Waals surface area (Å²) < 4.78 is 16.4. The number of carbonyl (C=O) groups excluding carboxylic acids is 2. The predicted octanol–water partition coefficient (Wildman–Crippen LogP) is 1.45. The maximum Gasteiger partial charge on any atom is 0.343 e. The summed E-state index contributed by atoms with van der Waals surface area (Å²) >= 11 is 0. The van der Waals surface area contributed by atoms with E-state index in [0.717, 1.165) is 5.69 Å². The lowest BCUT2D eigenvalue weighted by atomic mass is 10.2. The molecule has 0 spiro atoms. The van der Waals surface area contributed by atoms with Gasteiger partial charge in [-0.05, 0) is 19.1 Å². The van der Waals surface area contributed by atoms with Crippen molar-refractivity contribution in [1.29, 1.82) is 0 Å². The van der Waals surface area contributed by atoms with Crippen molar-refractivity contribution in [3.8, 4) is 11.6 Å². The van der Waals surface area contributed by atoms with Crippen molar-refractivity contribution < 1.29 is 23.8 Å². The van der Waals surface area contributed by atoms with E-state index in [1.54, 1.807) is 11.6 Å². The zero-order chi connectivity index (χ0) is 16.8. The molecule has 2 aromatic rings. The van der Waals surface area contributed by atoms with E-state index in [0.29, 0.717) is 17.1 Å². The molecule has 0 N–H and O–H groups in total. The third kappa shape index (κ3) is 3.88. The molecule has 0 bridgehead atoms. The first-order valence-electron chi connectivity index (χ1n) is 6.97. The fraction of sp³-hybridized carbons (Fsp3) is 0.312. The number of carbonyl (C=O) groups is 2. The quantitative estimate of drug-likeness (QED) is 0.750. The molecule has 0 aliphatic rings. The van der Waals surface area contributed by atoms with Gasteiger partial charge in [0, 0.05) is 5.56 Å². The molecule has 0 aliphatic carbocycles. The van der Waals surface area contributed by atoms with Crippen molar-refractivity contribution in [3.05, 3.63) is 41.6 Å². The fourth-order valence-corrected chi connectivity index (χ4v) is 2.04. The monoisotopic (exact) mass is 318 g/mol. The summed E-state index contributed by atoms with van der Waals surface area (Å²) in [5, 5.41) is 4.40. The van der Waals surface area contributed by atoms with Crippen molar-refractivity contribution in [3.63, 3.8) is 0 Å². The molecule has 0 unspecified atom stereocenters. The Bertz CT molecular complexity index is 694. The Morgan fingerprint density at radius 1 is 1.09 bits per heavy atom. The van der Waals surface area contributed by atoms with E-state index in [2.05, 4.69) is 9.84 Å². The van der Waals surface area contributed by atoms with Crippen LogP contribution in [0.1, 0.15) is 11.3 Å². The van der Waals surface area contributed by atoms with Crippen LogP contribution in [0.4, 0.5) is 0 Å². The Balaban J connectivity index is 2.42. The highest BCUT2D eigenvalue weighted by Crippen LogP contribution is 2.26. The molecule has 0 saturated heterocycles. The molecule has 0 amide bonds. The number of nitrogens with zero attached hydrogens (tertiary/aromatic N) is 2. The summed E-state index contributed by atoms with van der Waals surface area (Å²) in [5.74, 6) is -0.611. The van der Waals surface area contributed by atoms with Crippen LogP contribution in [0.2, 0.25) is 0 Å². The first kappa shape index (κ1) is 16.5. The van der Waals surface area contributed by atoms with Gasteiger partial charge < -0.3 is 14.2 Å². The highest BCUT2D eigenvalue weighted by molar-refractivity contribution is 5.74. The van der Waals surface area contributed by atoms with Gasteiger partial charge in [0.25, 0.3) is 0 Å². The van der Waals surface area contributed by atoms with Gasteiger partial charge in [-0.25, -0.2) is 9.48 Å². The lowest BCUT2D eigenvalue weighted by Crippen LogP contribution is -2.16. The lowest BCUT2D eigenvalue weighted by molar-refractivity contribution is -0.143. The Morgan fingerprint density at radius 2 is 1.74 bits per heavy atom. The van der Waals surface area contributed by atoms with Gasteiger partial charge >= 0.3 is 11.9 Å². The minimum Gasteiger partial charge on any atom is -0.469 e. The second-order valence-electron chi connectivity index (χ2n) is 4.73. The van der Waals surface area contributed by atoms with Gasteiger partial charge in [-0.3, -0.25) is 4.79 Å². The minimum atomic E-state index is -0.521. The van der Waals surface area contributed by atoms with E-state index in [1.807, 2.05) is 30.3 Å². The molecule has 0 fully saturated rings. The van der Waals surface area contributed by atoms with Gasteiger partial charge in [0.05, 0.1) is 32.0 Å². The van der Waals surface area contributed by atoms with Crippen LogP contribution in [-0.2, 0) is 25.5 Å². The summed E-state index contributed by atoms with van der Waals surface area (Å²) in [7, 11) is 2.59. The first-order chi connectivity index (χ1) is 11.1. The molecule has 122 valence electrons. The molecule has 7 nitrogen and oxygen atoms in total.